The average molecular weight is 446 g/mol. The van der Waals surface area contributed by atoms with Crippen molar-refractivity contribution in [2.75, 3.05) is 39.2 Å². The number of hydrogen-bond donors (Lipinski definition) is 0. The first-order chi connectivity index (χ1) is 14.4. The Kier molecular flexibility index (Phi) is 5.86. The number of amides is 2. The largest absolute Gasteiger partial charge is 0.495 e. The molecule has 0 atom stereocenters. The highest BCUT2D eigenvalue weighted by atomic mass is 35.5. The van der Waals surface area contributed by atoms with E-state index in [0.29, 0.717) is 27.7 Å². The van der Waals surface area contributed by atoms with Crippen molar-refractivity contribution in [2.45, 2.75) is 18.9 Å². The van der Waals surface area contributed by atoms with Gasteiger partial charge < -0.3 is 14.5 Å². The molecule has 0 radical (unpaired) electrons. The number of imide groups is 1. The van der Waals surface area contributed by atoms with Crippen LogP contribution in [0.5, 0.6) is 5.75 Å². The van der Waals surface area contributed by atoms with E-state index in [-0.39, 0.29) is 17.9 Å². The summed E-state index contributed by atoms with van der Waals surface area (Å²) in [5, 5.41) is 2.34. The highest BCUT2D eigenvalue weighted by molar-refractivity contribution is 7.11. The minimum Gasteiger partial charge on any atom is -0.495 e. The lowest BCUT2D eigenvalue weighted by atomic mass is 10.0. The minimum atomic E-state index is -0.349. The van der Waals surface area contributed by atoms with Gasteiger partial charge in [-0.05, 0) is 62.6 Å². The van der Waals surface area contributed by atoms with Crippen molar-refractivity contribution in [3.8, 4) is 5.75 Å². The van der Waals surface area contributed by atoms with Crippen molar-refractivity contribution in [1.82, 2.24) is 9.80 Å². The van der Waals surface area contributed by atoms with Crippen LogP contribution in [0.2, 0.25) is 5.02 Å². The number of ether oxygens (including phenoxy) is 1. The molecule has 1 fully saturated rings. The molecule has 8 heteroatoms. The van der Waals surface area contributed by atoms with Gasteiger partial charge in [-0.25, -0.2) is 4.90 Å². The summed E-state index contributed by atoms with van der Waals surface area (Å²) in [4.78, 5) is 33.5. The smallest absolute Gasteiger partial charge is 0.282 e. The molecule has 4 rings (SSSR count). The van der Waals surface area contributed by atoms with Gasteiger partial charge in [-0.3, -0.25) is 9.59 Å². The molecule has 0 saturated carbocycles. The van der Waals surface area contributed by atoms with Gasteiger partial charge in [-0.15, -0.1) is 11.3 Å². The van der Waals surface area contributed by atoms with Gasteiger partial charge in [-0.1, -0.05) is 17.7 Å². The van der Waals surface area contributed by atoms with Crippen LogP contribution in [-0.2, 0) is 9.59 Å². The van der Waals surface area contributed by atoms with Crippen molar-refractivity contribution in [1.29, 1.82) is 0 Å². The Morgan fingerprint density at radius 1 is 1.17 bits per heavy atom. The predicted molar refractivity (Wildman–Crippen MR) is 120 cm³/mol. The molecule has 0 N–H and O–H groups in total. The fraction of sp³-hybridized carbons (Fsp3) is 0.364. The minimum absolute atomic E-state index is 0.198. The maximum Gasteiger partial charge on any atom is 0.282 e. The Labute approximate surface area is 185 Å². The summed E-state index contributed by atoms with van der Waals surface area (Å²) in [6, 6.07) is 8.91. The number of likely N-dealkylation sites (tertiary alicyclic amines) is 1. The van der Waals surface area contributed by atoms with E-state index in [0.717, 1.165) is 30.8 Å². The number of carbonyl (C=O) groups excluding carboxylic acids is 2. The van der Waals surface area contributed by atoms with Crippen molar-refractivity contribution in [3.63, 3.8) is 0 Å². The van der Waals surface area contributed by atoms with Gasteiger partial charge in [0.1, 0.15) is 11.4 Å². The second-order valence-electron chi connectivity index (χ2n) is 7.61. The summed E-state index contributed by atoms with van der Waals surface area (Å²) in [5.41, 5.74) is 1.25. The van der Waals surface area contributed by atoms with Crippen LogP contribution in [-0.4, -0.2) is 62.0 Å². The maximum absolute atomic E-state index is 13.7. The molecular formula is C22H24ClN3O3S. The van der Waals surface area contributed by atoms with Crippen LogP contribution in [0.1, 0.15) is 17.7 Å². The van der Waals surface area contributed by atoms with Gasteiger partial charge in [0.05, 0.1) is 18.4 Å². The lowest BCUT2D eigenvalue weighted by Gasteiger charge is -2.36. The molecule has 0 unspecified atom stereocenters. The Balaban J connectivity index is 1.79. The Morgan fingerprint density at radius 2 is 1.90 bits per heavy atom. The van der Waals surface area contributed by atoms with Crippen LogP contribution in [0.15, 0.2) is 41.4 Å². The van der Waals surface area contributed by atoms with Gasteiger partial charge in [0.2, 0.25) is 0 Å². The third kappa shape index (κ3) is 3.62. The second-order valence-corrected chi connectivity index (χ2v) is 8.99. The predicted octanol–water partition coefficient (Wildman–Crippen LogP) is 3.72. The number of thiophene rings is 1. The maximum atomic E-state index is 13.7. The first kappa shape index (κ1) is 20.9. The molecule has 3 heterocycles. The van der Waals surface area contributed by atoms with Gasteiger partial charge in [-0.2, -0.15) is 0 Å². The number of nitrogens with zero attached hydrogens (tertiary/aromatic N) is 3. The van der Waals surface area contributed by atoms with E-state index in [2.05, 4.69) is 11.9 Å². The number of piperidine rings is 1. The van der Waals surface area contributed by atoms with Crippen LogP contribution < -0.4 is 9.64 Å². The van der Waals surface area contributed by atoms with Crippen molar-refractivity contribution < 1.29 is 14.3 Å². The SMILES string of the molecule is COc1ccc(Cl)cc1N1C(=O)C(c2cccs2)=C(N(C)C2CCN(C)CC2)C1=O. The van der Waals surface area contributed by atoms with E-state index in [4.69, 9.17) is 16.3 Å². The Morgan fingerprint density at radius 3 is 2.53 bits per heavy atom. The number of benzene rings is 1. The summed E-state index contributed by atoms with van der Waals surface area (Å²) < 4.78 is 5.42. The van der Waals surface area contributed by atoms with Gasteiger partial charge in [0, 0.05) is 23.0 Å². The number of carbonyl (C=O) groups is 2. The van der Waals surface area contributed by atoms with Crippen LogP contribution in [0.25, 0.3) is 5.57 Å². The van der Waals surface area contributed by atoms with Crippen LogP contribution >= 0.6 is 22.9 Å². The first-order valence-corrected chi connectivity index (χ1v) is 11.1. The van der Waals surface area contributed by atoms with Crippen molar-refractivity contribution in [3.05, 3.63) is 51.3 Å². The molecule has 1 saturated heterocycles. The number of likely N-dealkylation sites (N-methyl/N-ethyl adjacent to an activating group) is 1. The van der Waals surface area contributed by atoms with E-state index in [1.165, 1.54) is 23.3 Å². The fourth-order valence-corrected chi connectivity index (χ4v) is 5.04. The second kappa shape index (κ2) is 8.41. The summed E-state index contributed by atoms with van der Waals surface area (Å²) in [5.74, 6) is -0.266. The van der Waals surface area contributed by atoms with E-state index < -0.39 is 0 Å². The van der Waals surface area contributed by atoms with Crippen LogP contribution in [0, 0.1) is 0 Å². The molecule has 2 aliphatic heterocycles. The molecular weight excluding hydrogens is 422 g/mol. The zero-order chi connectivity index (χ0) is 21.4. The number of rotatable bonds is 5. The van der Waals surface area contributed by atoms with Crippen molar-refractivity contribution in [2.24, 2.45) is 0 Å². The number of anilines is 1. The molecule has 1 aromatic carbocycles. The Bertz CT molecular complexity index is 997. The molecule has 1 aromatic heterocycles. The lowest BCUT2D eigenvalue weighted by molar-refractivity contribution is -0.120. The molecule has 30 heavy (non-hydrogen) atoms. The van der Waals surface area contributed by atoms with E-state index in [9.17, 15) is 9.59 Å². The molecule has 2 aromatic rings. The summed E-state index contributed by atoms with van der Waals surface area (Å²) in [6.07, 6.45) is 1.88. The van der Waals surface area contributed by atoms with Crippen LogP contribution in [0.3, 0.4) is 0 Å². The molecule has 0 bridgehead atoms. The fourth-order valence-electron chi connectivity index (χ4n) is 4.11. The Hall–Kier alpha value is -2.35. The van der Waals surface area contributed by atoms with Gasteiger partial charge in [0.25, 0.3) is 11.8 Å². The molecule has 0 aliphatic carbocycles. The first-order valence-electron chi connectivity index (χ1n) is 9.84. The molecule has 158 valence electrons. The molecule has 2 amide bonds. The standard InChI is InChI=1S/C22H24ClN3O3S/c1-24-10-8-15(9-11-24)25(2)20-19(18-5-4-12-30-18)21(27)26(22(20)28)16-13-14(23)6-7-17(16)29-3/h4-7,12-13,15H,8-11H2,1-3H3. The van der Waals surface area contributed by atoms with Crippen molar-refractivity contribution >= 4 is 46.0 Å². The normalized spacial score (nSPS) is 18.5. The lowest BCUT2D eigenvalue weighted by Crippen LogP contribution is -2.43. The number of methoxy groups -OCH3 is 1. The van der Waals surface area contributed by atoms with Gasteiger partial charge in [0.15, 0.2) is 0 Å². The number of halogens is 1. The zero-order valence-corrected chi connectivity index (χ0v) is 18.8. The summed E-state index contributed by atoms with van der Waals surface area (Å²) >= 11 is 7.64. The monoisotopic (exact) mass is 445 g/mol. The average Bonchev–Trinajstić information content (AvgIpc) is 3.34. The highest BCUT2D eigenvalue weighted by Crippen LogP contribution is 2.41. The number of hydrogen-bond acceptors (Lipinski definition) is 6. The third-order valence-electron chi connectivity index (χ3n) is 5.80. The van der Waals surface area contributed by atoms with Crippen LogP contribution in [0.4, 0.5) is 5.69 Å². The topological polar surface area (TPSA) is 53.1 Å². The van der Waals surface area contributed by atoms with E-state index in [1.54, 1.807) is 18.2 Å². The molecule has 0 spiro atoms. The molecule has 2 aliphatic rings. The van der Waals surface area contributed by atoms with E-state index >= 15 is 0 Å². The van der Waals surface area contributed by atoms with Gasteiger partial charge >= 0.3 is 0 Å². The summed E-state index contributed by atoms with van der Waals surface area (Å²) in [7, 11) is 5.53. The quantitative estimate of drug-likeness (QED) is 0.656. The third-order valence-corrected chi connectivity index (χ3v) is 6.92. The zero-order valence-electron chi connectivity index (χ0n) is 17.2. The summed E-state index contributed by atoms with van der Waals surface area (Å²) in [6.45, 7) is 1.93. The molecule has 6 nitrogen and oxygen atoms in total. The van der Waals surface area contributed by atoms with E-state index in [1.807, 2.05) is 29.5 Å². The highest BCUT2D eigenvalue weighted by Gasteiger charge is 2.44.